The van der Waals surface area contributed by atoms with Crippen molar-refractivity contribution in [3.63, 3.8) is 0 Å². The number of hydrogen-bond donors (Lipinski definition) is 1. The van der Waals surface area contributed by atoms with E-state index in [1.54, 1.807) is 0 Å². The van der Waals surface area contributed by atoms with Crippen LogP contribution >= 0.6 is 0 Å². The number of halogens is 3. The van der Waals surface area contributed by atoms with Crippen molar-refractivity contribution in [1.82, 2.24) is 0 Å². The topological polar surface area (TPSA) is 65.3 Å². The van der Waals surface area contributed by atoms with Crippen LogP contribution in [0.25, 0.3) is 11.3 Å². The number of nitrogens with zero attached hydrogens (tertiary/aromatic N) is 1. The first-order valence-electron chi connectivity index (χ1n) is 11.6. The Balaban J connectivity index is 2.25. The fourth-order valence-corrected chi connectivity index (χ4v) is 3.94. The van der Waals surface area contributed by atoms with Gasteiger partial charge in [0.15, 0.2) is 11.3 Å². The molecule has 0 aliphatic rings. The van der Waals surface area contributed by atoms with Gasteiger partial charge < -0.3 is 15.3 Å². The molecule has 8 heteroatoms. The Hall–Kier alpha value is -3.55. The lowest BCUT2D eigenvalue weighted by atomic mass is 9.99. The van der Waals surface area contributed by atoms with Gasteiger partial charge in [-0.3, -0.25) is 4.79 Å². The summed E-state index contributed by atoms with van der Waals surface area (Å²) in [5.41, 5.74) is 1.43. The number of carbonyl (C=O) groups excluding carboxylic acids is 1. The first kappa shape index (κ1) is 26.1. The van der Waals surface area contributed by atoms with E-state index in [4.69, 9.17) is 4.74 Å². The molecule has 0 aliphatic carbocycles. The summed E-state index contributed by atoms with van der Waals surface area (Å²) in [5.74, 6) is -0.475. The zero-order valence-electron chi connectivity index (χ0n) is 20.3. The van der Waals surface area contributed by atoms with Crippen LogP contribution in [0.15, 0.2) is 48.5 Å². The maximum atomic E-state index is 13.7. The quantitative estimate of drug-likeness (QED) is 0.293. The van der Waals surface area contributed by atoms with Gasteiger partial charge in [0, 0.05) is 24.2 Å². The molecule has 1 N–H and O–H groups in total. The number of nitrogens with one attached hydrogen (secondary N) is 1. The SMILES string of the molecule is CCCOc1cc(C)[n+]([O-])c(-c2cccc(C(F)(F)F)c2)c1C(=O)Nc1c(CC)cccc1CC. The van der Waals surface area contributed by atoms with Crippen molar-refractivity contribution in [3.05, 3.63) is 81.7 Å². The fourth-order valence-electron chi connectivity index (χ4n) is 3.94. The van der Waals surface area contributed by atoms with E-state index in [2.05, 4.69) is 5.32 Å². The molecule has 5 nitrogen and oxygen atoms in total. The number of pyridine rings is 1. The third kappa shape index (κ3) is 5.58. The molecule has 35 heavy (non-hydrogen) atoms. The van der Waals surface area contributed by atoms with Crippen LogP contribution in [0, 0.1) is 12.1 Å². The summed E-state index contributed by atoms with van der Waals surface area (Å²) in [5, 5.41) is 16.1. The van der Waals surface area contributed by atoms with Gasteiger partial charge in [-0.1, -0.05) is 45.0 Å². The highest BCUT2D eigenvalue weighted by Crippen LogP contribution is 2.35. The number of ether oxygens (including phenoxy) is 1. The number of para-hydroxylation sites is 1. The maximum absolute atomic E-state index is 13.7. The monoisotopic (exact) mass is 486 g/mol. The molecule has 3 aromatic rings. The average molecular weight is 487 g/mol. The number of alkyl halides is 3. The summed E-state index contributed by atoms with van der Waals surface area (Å²) >= 11 is 0. The summed E-state index contributed by atoms with van der Waals surface area (Å²) in [7, 11) is 0. The van der Waals surface area contributed by atoms with Crippen LogP contribution in [0.1, 0.15) is 59.9 Å². The average Bonchev–Trinajstić information content (AvgIpc) is 2.83. The van der Waals surface area contributed by atoms with E-state index >= 15 is 0 Å². The predicted molar refractivity (Wildman–Crippen MR) is 130 cm³/mol. The molecule has 0 unspecified atom stereocenters. The normalized spacial score (nSPS) is 11.4. The molecular formula is C27H29F3N2O3. The van der Waals surface area contributed by atoms with Crippen molar-refractivity contribution < 1.29 is 27.4 Å². The van der Waals surface area contributed by atoms with E-state index in [1.165, 1.54) is 25.1 Å². The molecule has 3 rings (SSSR count). The van der Waals surface area contributed by atoms with E-state index in [-0.39, 0.29) is 34.9 Å². The Morgan fingerprint density at radius 2 is 1.66 bits per heavy atom. The van der Waals surface area contributed by atoms with Crippen LogP contribution in [0.2, 0.25) is 0 Å². The van der Waals surface area contributed by atoms with Gasteiger partial charge in [0.1, 0.15) is 5.75 Å². The molecular weight excluding hydrogens is 457 g/mol. The molecule has 0 atom stereocenters. The molecule has 0 radical (unpaired) electrons. The molecule has 0 spiro atoms. The number of amides is 1. The lowest BCUT2D eigenvalue weighted by Gasteiger charge is -2.19. The van der Waals surface area contributed by atoms with Crippen molar-refractivity contribution in [1.29, 1.82) is 0 Å². The van der Waals surface area contributed by atoms with Crippen LogP contribution in [0.5, 0.6) is 5.75 Å². The van der Waals surface area contributed by atoms with Gasteiger partial charge in [-0.25, -0.2) is 0 Å². The first-order chi connectivity index (χ1) is 16.6. The van der Waals surface area contributed by atoms with E-state index in [1.807, 2.05) is 39.0 Å². The number of benzene rings is 2. The number of aromatic nitrogens is 1. The molecule has 1 heterocycles. The minimum Gasteiger partial charge on any atom is -0.618 e. The lowest BCUT2D eigenvalue weighted by molar-refractivity contribution is -0.600. The summed E-state index contributed by atoms with van der Waals surface area (Å²) < 4.78 is 46.6. The Labute approximate surface area is 203 Å². The maximum Gasteiger partial charge on any atom is 0.416 e. The van der Waals surface area contributed by atoms with Crippen LogP contribution in [-0.4, -0.2) is 12.5 Å². The van der Waals surface area contributed by atoms with Gasteiger partial charge in [0.25, 0.3) is 5.91 Å². The van der Waals surface area contributed by atoms with E-state index in [9.17, 15) is 23.2 Å². The van der Waals surface area contributed by atoms with E-state index < -0.39 is 17.6 Å². The molecule has 0 saturated carbocycles. The second-order valence-corrected chi connectivity index (χ2v) is 8.21. The smallest absolute Gasteiger partial charge is 0.416 e. The molecule has 1 amide bonds. The Bertz CT molecular complexity index is 1200. The van der Waals surface area contributed by atoms with Crippen LogP contribution in [0.3, 0.4) is 0 Å². The molecule has 1 aromatic heterocycles. The molecule has 2 aromatic carbocycles. The molecule has 0 fully saturated rings. The largest absolute Gasteiger partial charge is 0.618 e. The lowest BCUT2D eigenvalue weighted by Crippen LogP contribution is -2.36. The standard InChI is InChI=1S/C27H29F3N2O3/c1-5-14-35-22-15-17(4)32(34)25(20-12-9-13-21(16-20)27(28,29)30)23(22)26(33)31-24-18(6-2)10-8-11-19(24)7-3/h8-13,15-16H,5-7,14H2,1-4H3,(H,31,33). The summed E-state index contributed by atoms with van der Waals surface area (Å²) in [6.07, 6.45) is -2.63. The second kappa shape index (κ2) is 10.8. The minimum atomic E-state index is -4.60. The van der Waals surface area contributed by atoms with E-state index in [0.29, 0.717) is 29.7 Å². The van der Waals surface area contributed by atoms with Gasteiger partial charge >= 0.3 is 6.18 Å². The zero-order chi connectivity index (χ0) is 25.8. The Kier molecular flexibility index (Phi) is 8.04. The Morgan fingerprint density at radius 1 is 1.03 bits per heavy atom. The van der Waals surface area contributed by atoms with Crippen molar-refractivity contribution in [2.75, 3.05) is 11.9 Å². The number of rotatable bonds is 8. The van der Waals surface area contributed by atoms with Gasteiger partial charge in [-0.15, -0.1) is 0 Å². The third-order valence-corrected chi connectivity index (χ3v) is 5.74. The zero-order valence-corrected chi connectivity index (χ0v) is 20.3. The van der Waals surface area contributed by atoms with Gasteiger partial charge in [0.2, 0.25) is 5.69 Å². The number of hydrogen-bond acceptors (Lipinski definition) is 3. The molecule has 0 aliphatic heterocycles. The van der Waals surface area contributed by atoms with Crippen LogP contribution in [-0.2, 0) is 19.0 Å². The van der Waals surface area contributed by atoms with Crippen LogP contribution in [0.4, 0.5) is 18.9 Å². The second-order valence-electron chi connectivity index (χ2n) is 8.21. The summed E-state index contributed by atoms with van der Waals surface area (Å²) in [6, 6.07) is 11.6. The van der Waals surface area contributed by atoms with Gasteiger partial charge in [-0.05, 0) is 48.6 Å². The minimum absolute atomic E-state index is 0.0236. The predicted octanol–water partition coefficient (Wildman–Crippen LogP) is 6.48. The third-order valence-electron chi connectivity index (χ3n) is 5.74. The van der Waals surface area contributed by atoms with Gasteiger partial charge in [0.05, 0.1) is 12.2 Å². The van der Waals surface area contributed by atoms with Crippen molar-refractivity contribution in [2.24, 2.45) is 0 Å². The first-order valence-corrected chi connectivity index (χ1v) is 11.6. The highest BCUT2D eigenvalue weighted by atomic mass is 19.4. The highest BCUT2D eigenvalue weighted by Gasteiger charge is 2.34. The van der Waals surface area contributed by atoms with Crippen molar-refractivity contribution in [3.8, 4) is 17.0 Å². The fraction of sp³-hybridized carbons (Fsp3) is 0.333. The molecule has 0 bridgehead atoms. The Morgan fingerprint density at radius 3 is 2.23 bits per heavy atom. The van der Waals surface area contributed by atoms with E-state index in [0.717, 1.165) is 23.3 Å². The number of carbonyl (C=O) groups is 1. The number of aryl methyl sites for hydroxylation is 3. The highest BCUT2D eigenvalue weighted by molar-refractivity contribution is 6.10. The summed E-state index contributed by atoms with van der Waals surface area (Å²) in [4.78, 5) is 13.7. The number of anilines is 1. The van der Waals surface area contributed by atoms with Gasteiger partial charge in [-0.2, -0.15) is 17.9 Å². The molecule has 186 valence electrons. The molecule has 0 saturated heterocycles. The van der Waals surface area contributed by atoms with Crippen LogP contribution < -0.4 is 14.8 Å². The summed E-state index contributed by atoms with van der Waals surface area (Å²) in [6.45, 7) is 7.61. The van der Waals surface area contributed by atoms with Crippen molar-refractivity contribution >= 4 is 11.6 Å². The van der Waals surface area contributed by atoms with Crippen molar-refractivity contribution in [2.45, 2.75) is 53.1 Å².